The standard InChI is InChI=1S/C23H22N4O4/c28-22(14-27-20-3-1-2-4-21(20)31-15-23(27)29)25-18-5-6-19(26-9-11-30-12-10-26)16-7-8-24-13-17(16)18/h1-8,13H,9-12,14-15H2,(H,25,28). The molecule has 2 aromatic carbocycles. The van der Waals surface area contributed by atoms with Crippen LogP contribution in [0.15, 0.2) is 54.9 Å². The zero-order valence-electron chi connectivity index (χ0n) is 16.9. The van der Waals surface area contributed by atoms with Gasteiger partial charge in [0, 0.05) is 41.9 Å². The summed E-state index contributed by atoms with van der Waals surface area (Å²) in [6.45, 7) is 2.86. The van der Waals surface area contributed by atoms with Gasteiger partial charge in [-0.3, -0.25) is 19.5 Å². The highest BCUT2D eigenvalue weighted by Gasteiger charge is 2.27. The number of ether oxygens (including phenoxy) is 2. The molecular formula is C23H22N4O4. The van der Waals surface area contributed by atoms with Crippen molar-refractivity contribution in [3.05, 3.63) is 54.9 Å². The lowest BCUT2D eigenvalue weighted by Crippen LogP contribution is -2.43. The Morgan fingerprint density at radius 3 is 2.74 bits per heavy atom. The molecule has 0 saturated carbocycles. The van der Waals surface area contributed by atoms with Crippen LogP contribution in [0.25, 0.3) is 10.8 Å². The number of hydrogen-bond acceptors (Lipinski definition) is 6. The van der Waals surface area contributed by atoms with Crippen LogP contribution in [0, 0.1) is 0 Å². The first-order valence-corrected chi connectivity index (χ1v) is 10.2. The Morgan fingerprint density at radius 2 is 1.87 bits per heavy atom. The van der Waals surface area contributed by atoms with Crippen LogP contribution in [0.2, 0.25) is 0 Å². The fraction of sp³-hybridized carbons (Fsp3) is 0.261. The average molecular weight is 418 g/mol. The molecule has 0 aliphatic carbocycles. The summed E-state index contributed by atoms with van der Waals surface area (Å²) in [6, 6.07) is 13.1. The summed E-state index contributed by atoms with van der Waals surface area (Å²) in [6.07, 6.45) is 3.51. The van der Waals surface area contributed by atoms with Gasteiger partial charge in [0.1, 0.15) is 12.3 Å². The molecule has 1 saturated heterocycles. The van der Waals surface area contributed by atoms with Gasteiger partial charge in [-0.2, -0.15) is 0 Å². The molecule has 31 heavy (non-hydrogen) atoms. The van der Waals surface area contributed by atoms with Gasteiger partial charge in [0.25, 0.3) is 5.91 Å². The van der Waals surface area contributed by atoms with Crippen molar-refractivity contribution in [2.75, 3.05) is 54.6 Å². The summed E-state index contributed by atoms with van der Waals surface area (Å²) in [7, 11) is 0. The predicted octanol–water partition coefficient (Wildman–Crippen LogP) is 2.44. The third-order valence-electron chi connectivity index (χ3n) is 5.53. The first-order valence-electron chi connectivity index (χ1n) is 10.2. The Labute approximate surface area is 179 Å². The summed E-state index contributed by atoms with van der Waals surface area (Å²) in [5.41, 5.74) is 2.36. The number of pyridine rings is 1. The SMILES string of the molecule is O=C(CN1C(=O)COc2ccccc21)Nc1ccc(N2CCOCC2)c2ccncc12. The van der Waals surface area contributed by atoms with Crippen LogP contribution in [0.5, 0.6) is 5.75 Å². The molecule has 3 aromatic rings. The molecule has 0 radical (unpaired) electrons. The highest BCUT2D eigenvalue weighted by molar-refractivity contribution is 6.09. The lowest BCUT2D eigenvalue weighted by molar-refractivity contribution is -0.123. The summed E-state index contributed by atoms with van der Waals surface area (Å²) in [5, 5.41) is 4.83. The molecule has 8 heteroatoms. The van der Waals surface area contributed by atoms with Crippen LogP contribution < -0.4 is 19.9 Å². The largest absolute Gasteiger partial charge is 0.482 e. The van der Waals surface area contributed by atoms with Crippen LogP contribution in [0.4, 0.5) is 17.1 Å². The number of anilines is 3. The number of para-hydroxylation sites is 2. The Kier molecular flexibility index (Phi) is 5.13. The van der Waals surface area contributed by atoms with E-state index in [1.165, 1.54) is 4.90 Å². The van der Waals surface area contributed by atoms with Crippen LogP contribution in [-0.4, -0.2) is 56.3 Å². The number of carbonyl (C=O) groups excluding carboxylic acids is 2. The minimum absolute atomic E-state index is 0.0780. The molecule has 0 spiro atoms. The molecule has 2 aliphatic heterocycles. The molecule has 0 bridgehead atoms. The smallest absolute Gasteiger partial charge is 0.265 e. The number of nitrogens with zero attached hydrogens (tertiary/aromatic N) is 3. The van der Waals surface area contributed by atoms with Crippen molar-refractivity contribution in [1.29, 1.82) is 0 Å². The minimum Gasteiger partial charge on any atom is -0.482 e. The van der Waals surface area contributed by atoms with Gasteiger partial charge in [-0.25, -0.2) is 0 Å². The molecule has 158 valence electrons. The van der Waals surface area contributed by atoms with E-state index in [0.717, 1.165) is 29.5 Å². The topological polar surface area (TPSA) is 84.0 Å². The van der Waals surface area contributed by atoms with E-state index in [2.05, 4.69) is 15.2 Å². The van der Waals surface area contributed by atoms with Crippen LogP contribution in [0.1, 0.15) is 0 Å². The summed E-state index contributed by atoms with van der Waals surface area (Å²) in [4.78, 5) is 33.2. The molecule has 8 nitrogen and oxygen atoms in total. The lowest BCUT2D eigenvalue weighted by Gasteiger charge is -2.30. The zero-order chi connectivity index (χ0) is 21.2. The maximum Gasteiger partial charge on any atom is 0.265 e. The summed E-state index contributed by atoms with van der Waals surface area (Å²) < 4.78 is 10.9. The van der Waals surface area contributed by atoms with Gasteiger partial charge in [-0.1, -0.05) is 12.1 Å². The van der Waals surface area contributed by atoms with Crippen molar-refractivity contribution in [1.82, 2.24) is 4.98 Å². The molecule has 0 atom stereocenters. The second kappa shape index (κ2) is 8.23. The Hall–Kier alpha value is -3.65. The normalized spacial score (nSPS) is 16.1. The van der Waals surface area contributed by atoms with Gasteiger partial charge >= 0.3 is 0 Å². The van der Waals surface area contributed by atoms with Crippen molar-refractivity contribution in [2.24, 2.45) is 0 Å². The highest BCUT2D eigenvalue weighted by Crippen LogP contribution is 2.33. The Balaban J connectivity index is 1.40. The first-order chi connectivity index (χ1) is 15.2. The molecule has 0 unspecified atom stereocenters. The van der Waals surface area contributed by atoms with Gasteiger partial charge < -0.3 is 19.7 Å². The number of nitrogens with one attached hydrogen (secondary N) is 1. The van der Waals surface area contributed by atoms with Crippen molar-refractivity contribution < 1.29 is 19.1 Å². The molecule has 2 amide bonds. The number of morpholine rings is 1. The maximum atomic E-state index is 12.9. The van der Waals surface area contributed by atoms with Gasteiger partial charge in [-0.15, -0.1) is 0 Å². The molecular weight excluding hydrogens is 396 g/mol. The molecule has 5 rings (SSSR count). The van der Waals surface area contributed by atoms with Gasteiger partial charge in [0.15, 0.2) is 6.61 Å². The fourth-order valence-electron chi connectivity index (χ4n) is 4.02. The van der Waals surface area contributed by atoms with E-state index in [1.54, 1.807) is 24.5 Å². The van der Waals surface area contributed by atoms with Gasteiger partial charge in [0.2, 0.25) is 5.91 Å². The molecule has 1 N–H and O–H groups in total. The lowest BCUT2D eigenvalue weighted by atomic mass is 10.1. The third-order valence-corrected chi connectivity index (χ3v) is 5.53. The fourth-order valence-corrected chi connectivity index (χ4v) is 4.02. The number of rotatable bonds is 4. The van der Waals surface area contributed by atoms with Crippen LogP contribution in [0.3, 0.4) is 0 Å². The van der Waals surface area contributed by atoms with Crippen molar-refractivity contribution >= 4 is 39.6 Å². The highest BCUT2D eigenvalue weighted by atomic mass is 16.5. The molecule has 1 fully saturated rings. The van der Waals surface area contributed by atoms with E-state index >= 15 is 0 Å². The number of aromatic nitrogens is 1. The van der Waals surface area contributed by atoms with Crippen molar-refractivity contribution in [3.63, 3.8) is 0 Å². The zero-order valence-corrected chi connectivity index (χ0v) is 16.9. The number of amides is 2. The third kappa shape index (κ3) is 3.77. The summed E-state index contributed by atoms with van der Waals surface area (Å²) >= 11 is 0. The van der Waals surface area contributed by atoms with Crippen LogP contribution in [-0.2, 0) is 14.3 Å². The monoisotopic (exact) mass is 418 g/mol. The number of fused-ring (bicyclic) bond motifs is 2. The van der Waals surface area contributed by atoms with E-state index in [0.29, 0.717) is 30.3 Å². The predicted molar refractivity (Wildman–Crippen MR) is 118 cm³/mol. The number of carbonyl (C=O) groups is 2. The Morgan fingerprint density at radius 1 is 1.03 bits per heavy atom. The van der Waals surface area contributed by atoms with E-state index in [9.17, 15) is 9.59 Å². The quantitative estimate of drug-likeness (QED) is 0.701. The Bertz CT molecular complexity index is 1140. The average Bonchev–Trinajstić information content (AvgIpc) is 2.82. The second-order valence-corrected chi connectivity index (χ2v) is 7.44. The van der Waals surface area contributed by atoms with E-state index < -0.39 is 0 Å². The van der Waals surface area contributed by atoms with E-state index in [1.807, 2.05) is 30.3 Å². The number of benzene rings is 2. The summed E-state index contributed by atoms with van der Waals surface area (Å²) in [5.74, 6) is 0.0665. The van der Waals surface area contributed by atoms with E-state index in [4.69, 9.17) is 9.47 Å². The van der Waals surface area contributed by atoms with E-state index in [-0.39, 0.29) is 25.0 Å². The maximum absolute atomic E-state index is 12.9. The minimum atomic E-state index is -0.283. The molecule has 1 aromatic heterocycles. The van der Waals surface area contributed by atoms with Gasteiger partial charge in [0.05, 0.1) is 24.6 Å². The van der Waals surface area contributed by atoms with Gasteiger partial charge in [-0.05, 0) is 30.3 Å². The first kappa shape index (κ1) is 19.3. The second-order valence-electron chi connectivity index (χ2n) is 7.44. The number of hydrogen-bond donors (Lipinski definition) is 1. The van der Waals surface area contributed by atoms with Crippen molar-refractivity contribution in [2.45, 2.75) is 0 Å². The van der Waals surface area contributed by atoms with Crippen LogP contribution >= 0.6 is 0 Å². The molecule has 3 heterocycles. The molecule has 2 aliphatic rings. The van der Waals surface area contributed by atoms with Crippen molar-refractivity contribution in [3.8, 4) is 5.75 Å².